The van der Waals surface area contributed by atoms with Crippen LogP contribution in [0.3, 0.4) is 0 Å². The quantitative estimate of drug-likeness (QED) is 0.402. The van der Waals surface area contributed by atoms with E-state index >= 15 is 0 Å². The Morgan fingerprint density at radius 2 is 1.73 bits per heavy atom. The fraction of sp³-hybridized carbons (Fsp3) is 0.200. The van der Waals surface area contributed by atoms with Crippen LogP contribution < -0.4 is 5.32 Å². The minimum absolute atomic E-state index is 0.422. The van der Waals surface area contributed by atoms with Crippen LogP contribution in [-0.2, 0) is 0 Å². The second-order valence-electron chi connectivity index (χ2n) is 7.90. The highest BCUT2D eigenvalue weighted by Crippen LogP contribution is 2.33. The van der Waals surface area contributed by atoms with Crippen molar-refractivity contribution < 1.29 is 0 Å². The number of nitrogens with zero attached hydrogens (tertiary/aromatic N) is 3. The molecule has 1 fully saturated rings. The van der Waals surface area contributed by atoms with Crippen LogP contribution in [-0.4, -0.2) is 27.6 Å². The van der Waals surface area contributed by atoms with Gasteiger partial charge in [-0.1, -0.05) is 36.4 Å². The molecule has 4 heterocycles. The molecule has 5 aromatic rings. The number of fused-ring (bicyclic) bond motifs is 2. The lowest BCUT2D eigenvalue weighted by Gasteiger charge is -2.25. The molecule has 0 saturated carbocycles. The molecule has 148 valence electrons. The third kappa shape index (κ3) is 3.02. The second-order valence-corrected chi connectivity index (χ2v) is 8.68. The molecule has 3 aromatic heterocycles. The Labute approximate surface area is 179 Å². The molecule has 1 saturated heterocycles. The first-order valence-electron chi connectivity index (χ1n) is 10.5. The Balaban J connectivity index is 1.54. The predicted octanol–water partition coefficient (Wildman–Crippen LogP) is 5.90. The molecular weight excluding hydrogens is 388 g/mol. The van der Waals surface area contributed by atoms with E-state index in [-0.39, 0.29) is 0 Å². The smallest absolute Gasteiger partial charge is 0.161 e. The zero-order valence-electron chi connectivity index (χ0n) is 16.6. The van der Waals surface area contributed by atoms with E-state index in [0.29, 0.717) is 6.04 Å². The molecule has 30 heavy (non-hydrogen) atoms. The average molecular weight is 411 g/mol. The van der Waals surface area contributed by atoms with Crippen molar-refractivity contribution in [3.05, 3.63) is 71.4 Å². The number of pyridine rings is 1. The van der Waals surface area contributed by atoms with E-state index in [4.69, 9.17) is 9.97 Å². The lowest BCUT2D eigenvalue weighted by atomic mass is 10.0. The molecule has 4 nitrogen and oxygen atoms in total. The van der Waals surface area contributed by atoms with Crippen LogP contribution in [0.5, 0.6) is 0 Å². The van der Waals surface area contributed by atoms with Crippen molar-refractivity contribution in [1.82, 2.24) is 19.9 Å². The summed E-state index contributed by atoms with van der Waals surface area (Å²) >= 11 is 1.71. The van der Waals surface area contributed by atoms with Crippen molar-refractivity contribution >= 4 is 33.3 Å². The molecule has 0 unspecified atom stereocenters. The Hall–Kier alpha value is -3.02. The molecule has 1 N–H and O–H groups in total. The molecule has 1 aliphatic heterocycles. The maximum Gasteiger partial charge on any atom is 0.161 e. The van der Waals surface area contributed by atoms with Crippen molar-refractivity contribution in [2.24, 2.45) is 0 Å². The van der Waals surface area contributed by atoms with Gasteiger partial charge >= 0.3 is 0 Å². The largest absolute Gasteiger partial charge is 0.317 e. The monoisotopic (exact) mass is 410 g/mol. The normalized spacial score (nSPS) is 15.2. The summed E-state index contributed by atoms with van der Waals surface area (Å²) in [6.07, 6.45) is 2.20. The number of hydrogen-bond donors (Lipinski definition) is 1. The molecule has 0 spiro atoms. The number of aromatic nitrogens is 3. The van der Waals surface area contributed by atoms with Crippen LogP contribution >= 0.6 is 11.3 Å². The number of benzene rings is 2. The number of imidazole rings is 1. The van der Waals surface area contributed by atoms with E-state index in [1.807, 2.05) is 0 Å². The molecule has 0 atom stereocenters. The maximum absolute atomic E-state index is 5.14. The topological polar surface area (TPSA) is 42.7 Å². The summed E-state index contributed by atoms with van der Waals surface area (Å²) in [6, 6.07) is 21.9. The maximum atomic E-state index is 5.14. The summed E-state index contributed by atoms with van der Waals surface area (Å²) in [5.74, 6) is 1.04. The number of hydrogen-bond acceptors (Lipinski definition) is 4. The van der Waals surface area contributed by atoms with Crippen molar-refractivity contribution in [3.63, 3.8) is 0 Å². The van der Waals surface area contributed by atoms with Gasteiger partial charge in [0, 0.05) is 22.5 Å². The van der Waals surface area contributed by atoms with Crippen molar-refractivity contribution in [1.29, 1.82) is 0 Å². The van der Waals surface area contributed by atoms with Gasteiger partial charge in [0.25, 0.3) is 0 Å². The Morgan fingerprint density at radius 1 is 0.867 bits per heavy atom. The van der Waals surface area contributed by atoms with Crippen LogP contribution in [0.15, 0.2) is 71.4 Å². The third-order valence-corrected chi connectivity index (χ3v) is 6.72. The lowest BCUT2D eigenvalue weighted by Crippen LogP contribution is -2.29. The summed E-state index contributed by atoms with van der Waals surface area (Å²) in [5.41, 5.74) is 5.29. The van der Waals surface area contributed by atoms with E-state index < -0.39 is 0 Å². The van der Waals surface area contributed by atoms with Crippen LogP contribution in [0.2, 0.25) is 0 Å². The van der Waals surface area contributed by atoms with Gasteiger partial charge in [-0.2, -0.15) is 11.3 Å². The van der Waals surface area contributed by atoms with Crippen molar-refractivity contribution in [2.75, 3.05) is 13.1 Å². The Bertz CT molecular complexity index is 1330. The molecule has 1 aliphatic rings. The van der Waals surface area contributed by atoms with Crippen LogP contribution in [0.25, 0.3) is 44.6 Å². The SMILES string of the molecule is c1ccc2cc(-c3ccc4nc(-c5ccsc5)n(C5CCNCC5)c4n3)ccc2c1. The van der Waals surface area contributed by atoms with Gasteiger partial charge in [-0.05, 0) is 66.3 Å². The van der Waals surface area contributed by atoms with Gasteiger partial charge < -0.3 is 9.88 Å². The summed E-state index contributed by atoms with van der Waals surface area (Å²) < 4.78 is 2.39. The summed E-state index contributed by atoms with van der Waals surface area (Å²) in [6.45, 7) is 2.08. The fourth-order valence-corrected chi connectivity index (χ4v) is 5.12. The van der Waals surface area contributed by atoms with E-state index in [0.717, 1.165) is 54.2 Å². The lowest BCUT2D eigenvalue weighted by molar-refractivity contribution is 0.376. The minimum atomic E-state index is 0.422. The first kappa shape index (κ1) is 17.8. The van der Waals surface area contributed by atoms with Gasteiger partial charge in [-0.3, -0.25) is 0 Å². The van der Waals surface area contributed by atoms with Gasteiger partial charge in [0.15, 0.2) is 5.65 Å². The third-order valence-electron chi connectivity index (χ3n) is 6.04. The van der Waals surface area contributed by atoms with E-state index in [1.54, 1.807) is 11.3 Å². The Morgan fingerprint density at radius 3 is 2.57 bits per heavy atom. The van der Waals surface area contributed by atoms with Gasteiger partial charge in [0.05, 0.1) is 5.69 Å². The number of rotatable bonds is 3. The zero-order chi connectivity index (χ0) is 19.9. The van der Waals surface area contributed by atoms with Crippen LogP contribution in [0, 0.1) is 0 Å². The molecule has 6 rings (SSSR count). The van der Waals surface area contributed by atoms with Gasteiger partial charge in [-0.25, -0.2) is 9.97 Å². The van der Waals surface area contributed by atoms with E-state index in [2.05, 4.69) is 81.3 Å². The highest BCUT2D eigenvalue weighted by molar-refractivity contribution is 7.08. The van der Waals surface area contributed by atoms with Gasteiger partial charge in [0.1, 0.15) is 11.3 Å². The number of piperidine rings is 1. The second kappa shape index (κ2) is 7.35. The summed E-state index contributed by atoms with van der Waals surface area (Å²) in [4.78, 5) is 10.1. The highest BCUT2D eigenvalue weighted by Gasteiger charge is 2.23. The first-order valence-corrected chi connectivity index (χ1v) is 11.4. The number of nitrogens with one attached hydrogen (secondary N) is 1. The standard InChI is InChI=1S/C25H22N4S/c1-2-4-18-15-19(6-5-17(18)3-1)22-7-8-23-25(27-22)29(21-9-12-26-13-10-21)24(28-23)20-11-14-30-16-20/h1-8,11,14-16,21,26H,9-10,12-13H2. The fourth-order valence-electron chi connectivity index (χ4n) is 4.49. The average Bonchev–Trinajstić information content (AvgIpc) is 3.46. The predicted molar refractivity (Wildman–Crippen MR) is 125 cm³/mol. The molecule has 0 radical (unpaired) electrons. The molecule has 0 bridgehead atoms. The van der Waals surface area contributed by atoms with Crippen LogP contribution in [0.4, 0.5) is 0 Å². The molecule has 5 heteroatoms. The molecular formula is C25H22N4S. The minimum Gasteiger partial charge on any atom is -0.317 e. The molecule has 2 aromatic carbocycles. The van der Waals surface area contributed by atoms with Crippen LogP contribution in [0.1, 0.15) is 18.9 Å². The highest BCUT2D eigenvalue weighted by atomic mass is 32.1. The first-order chi connectivity index (χ1) is 14.9. The number of thiophene rings is 1. The van der Waals surface area contributed by atoms with E-state index in [9.17, 15) is 0 Å². The summed E-state index contributed by atoms with van der Waals surface area (Å²) in [7, 11) is 0. The van der Waals surface area contributed by atoms with Gasteiger partial charge in [-0.15, -0.1) is 0 Å². The molecule has 0 amide bonds. The van der Waals surface area contributed by atoms with Crippen molar-refractivity contribution in [3.8, 4) is 22.6 Å². The zero-order valence-corrected chi connectivity index (χ0v) is 17.4. The summed E-state index contributed by atoms with van der Waals surface area (Å²) in [5, 5.41) is 10.3. The van der Waals surface area contributed by atoms with E-state index in [1.165, 1.54) is 16.3 Å². The molecule has 0 aliphatic carbocycles. The Kier molecular flexibility index (Phi) is 4.36. The van der Waals surface area contributed by atoms with Gasteiger partial charge in [0.2, 0.25) is 0 Å². The van der Waals surface area contributed by atoms with Crippen molar-refractivity contribution in [2.45, 2.75) is 18.9 Å².